The fraction of sp³-hybridized carbons (Fsp3) is 0.929. The fourth-order valence-corrected chi connectivity index (χ4v) is 2.67. The Morgan fingerprint density at radius 2 is 2.17 bits per heavy atom. The molecule has 1 aliphatic rings. The Balaban J connectivity index is 2.43. The summed E-state index contributed by atoms with van der Waals surface area (Å²) in [6.45, 7) is 6.98. The quantitative estimate of drug-likeness (QED) is 0.643. The molecule has 1 atom stereocenters. The van der Waals surface area contributed by atoms with Gasteiger partial charge < -0.3 is 15.7 Å². The maximum Gasteiger partial charge on any atom is 0.224 e. The first kappa shape index (κ1) is 15.4. The van der Waals surface area contributed by atoms with Crippen LogP contribution in [0, 0.1) is 11.3 Å². The average molecular weight is 256 g/mol. The van der Waals surface area contributed by atoms with Gasteiger partial charge in [-0.25, -0.2) is 0 Å². The molecule has 0 aromatic carbocycles. The van der Waals surface area contributed by atoms with Crippen LogP contribution >= 0.6 is 0 Å². The lowest BCUT2D eigenvalue weighted by molar-refractivity contribution is -0.126. The lowest BCUT2D eigenvalue weighted by Crippen LogP contribution is -2.44. The molecule has 0 spiro atoms. The molecule has 0 aliphatic carbocycles. The lowest BCUT2D eigenvalue weighted by atomic mass is 9.79. The molecule has 0 aromatic heterocycles. The molecule has 1 fully saturated rings. The maximum atomic E-state index is 12.1. The first-order valence-electron chi connectivity index (χ1n) is 7.26. The summed E-state index contributed by atoms with van der Waals surface area (Å²) in [6, 6.07) is 0. The second-order valence-electron chi connectivity index (χ2n) is 5.44. The zero-order chi connectivity index (χ0) is 13.4. The first-order chi connectivity index (χ1) is 8.67. The monoisotopic (exact) mass is 256 g/mol. The van der Waals surface area contributed by atoms with Crippen molar-refractivity contribution in [3.05, 3.63) is 0 Å². The highest BCUT2D eigenvalue weighted by Gasteiger charge is 2.28. The molecular weight excluding hydrogens is 228 g/mol. The van der Waals surface area contributed by atoms with E-state index in [0.717, 1.165) is 45.2 Å². The van der Waals surface area contributed by atoms with Gasteiger partial charge in [0, 0.05) is 19.7 Å². The predicted molar refractivity (Wildman–Crippen MR) is 73.3 cm³/mol. The van der Waals surface area contributed by atoms with Gasteiger partial charge in [0.2, 0.25) is 5.91 Å². The first-order valence-corrected chi connectivity index (χ1v) is 7.26. The van der Waals surface area contributed by atoms with Crippen molar-refractivity contribution >= 4 is 5.91 Å². The van der Waals surface area contributed by atoms with Crippen LogP contribution in [0.2, 0.25) is 0 Å². The van der Waals surface area contributed by atoms with E-state index in [2.05, 4.69) is 24.5 Å². The van der Waals surface area contributed by atoms with Crippen LogP contribution in [0.4, 0.5) is 0 Å². The number of carbonyl (C=O) groups excluding carboxylic acids is 1. The summed E-state index contributed by atoms with van der Waals surface area (Å²) in [7, 11) is 0. The molecule has 1 aliphatic heterocycles. The lowest BCUT2D eigenvalue weighted by Gasteiger charge is -2.32. The molecule has 0 bridgehead atoms. The van der Waals surface area contributed by atoms with Crippen molar-refractivity contribution in [2.24, 2.45) is 11.3 Å². The predicted octanol–water partition coefficient (Wildman–Crippen LogP) is 1.29. The Kier molecular flexibility index (Phi) is 6.65. The molecule has 0 aromatic rings. The Bertz CT molecular complexity index is 246. The zero-order valence-corrected chi connectivity index (χ0v) is 11.8. The third-order valence-corrected chi connectivity index (χ3v) is 4.45. The van der Waals surface area contributed by atoms with Gasteiger partial charge in [0.15, 0.2) is 0 Å². The van der Waals surface area contributed by atoms with Crippen LogP contribution in [0.1, 0.15) is 46.0 Å². The molecule has 3 N–H and O–H groups in total. The molecule has 1 saturated heterocycles. The molecule has 1 rings (SSSR count). The van der Waals surface area contributed by atoms with Crippen molar-refractivity contribution in [2.75, 3.05) is 26.2 Å². The molecule has 1 heterocycles. The van der Waals surface area contributed by atoms with Crippen LogP contribution in [0.25, 0.3) is 0 Å². The van der Waals surface area contributed by atoms with Gasteiger partial charge in [-0.05, 0) is 44.1 Å². The van der Waals surface area contributed by atoms with Gasteiger partial charge in [0.25, 0.3) is 0 Å². The van der Waals surface area contributed by atoms with Crippen LogP contribution in [0.3, 0.4) is 0 Å². The number of hydrogen-bond donors (Lipinski definition) is 3. The third-order valence-electron chi connectivity index (χ3n) is 4.45. The number of piperidine rings is 1. The van der Waals surface area contributed by atoms with E-state index in [9.17, 15) is 4.79 Å². The summed E-state index contributed by atoms with van der Waals surface area (Å²) in [6.07, 6.45) is 4.83. The summed E-state index contributed by atoms with van der Waals surface area (Å²) in [4.78, 5) is 12.1. The molecule has 1 amide bonds. The minimum absolute atomic E-state index is 0.0620. The second-order valence-corrected chi connectivity index (χ2v) is 5.44. The van der Waals surface area contributed by atoms with Crippen molar-refractivity contribution in [3.63, 3.8) is 0 Å². The van der Waals surface area contributed by atoms with E-state index in [-0.39, 0.29) is 23.8 Å². The number of rotatable bonds is 7. The Labute approximate surface area is 111 Å². The van der Waals surface area contributed by atoms with Gasteiger partial charge in [0.05, 0.1) is 5.92 Å². The van der Waals surface area contributed by atoms with Crippen molar-refractivity contribution in [2.45, 2.75) is 46.0 Å². The van der Waals surface area contributed by atoms with Gasteiger partial charge in [-0.3, -0.25) is 4.79 Å². The molecule has 0 radical (unpaired) electrons. The minimum Gasteiger partial charge on any atom is -0.396 e. The highest BCUT2D eigenvalue weighted by Crippen LogP contribution is 2.29. The van der Waals surface area contributed by atoms with Gasteiger partial charge in [0.1, 0.15) is 0 Å². The van der Waals surface area contributed by atoms with E-state index in [0.29, 0.717) is 6.54 Å². The Morgan fingerprint density at radius 1 is 1.44 bits per heavy atom. The van der Waals surface area contributed by atoms with Crippen molar-refractivity contribution in [1.29, 1.82) is 0 Å². The number of hydrogen-bond acceptors (Lipinski definition) is 3. The molecule has 4 nitrogen and oxygen atoms in total. The van der Waals surface area contributed by atoms with E-state index in [1.165, 1.54) is 0 Å². The number of amides is 1. The minimum atomic E-state index is 0.0620. The van der Waals surface area contributed by atoms with Crippen LogP contribution in [-0.4, -0.2) is 37.3 Å². The topological polar surface area (TPSA) is 61.4 Å². The van der Waals surface area contributed by atoms with Crippen molar-refractivity contribution < 1.29 is 9.90 Å². The van der Waals surface area contributed by atoms with E-state index < -0.39 is 0 Å². The van der Waals surface area contributed by atoms with Crippen LogP contribution in [0.15, 0.2) is 0 Å². The van der Waals surface area contributed by atoms with Crippen LogP contribution in [0.5, 0.6) is 0 Å². The SMILES string of the molecule is CCC(CC)(CCO)CNC(=O)C1CCCNC1. The highest BCUT2D eigenvalue weighted by atomic mass is 16.3. The Morgan fingerprint density at radius 3 is 2.67 bits per heavy atom. The number of aliphatic hydroxyl groups is 1. The zero-order valence-electron chi connectivity index (χ0n) is 11.8. The van der Waals surface area contributed by atoms with E-state index >= 15 is 0 Å². The van der Waals surface area contributed by atoms with E-state index in [4.69, 9.17) is 5.11 Å². The number of nitrogens with one attached hydrogen (secondary N) is 2. The summed E-state index contributed by atoms with van der Waals surface area (Å²) in [5.74, 6) is 0.297. The van der Waals surface area contributed by atoms with Gasteiger partial charge >= 0.3 is 0 Å². The third kappa shape index (κ3) is 4.25. The molecule has 18 heavy (non-hydrogen) atoms. The van der Waals surface area contributed by atoms with Crippen molar-refractivity contribution in [1.82, 2.24) is 10.6 Å². The van der Waals surface area contributed by atoms with Gasteiger partial charge in [-0.2, -0.15) is 0 Å². The van der Waals surface area contributed by atoms with Crippen LogP contribution in [-0.2, 0) is 4.79 Å². The normalized spacial score (nSPS) is 20.7. The average Bonchev–Trinajstić information content (AvgIpc) is 2.44. The van der Waals surface area contributed by atoms with E-state index in [1.54, 1.807) is 0 Å². The van der Waals surface area contributed by atoms with Gasteiger partial charge in [-0.1, -0.05) is 13.8 Å². The summed E-state index contributed by atoms with van der Waals surface area (Å²) >= 11 is 0. The molecule has 1 unspecified atom stereocenters. The smallest absolute Gasteiger partial charge is 0.224 e. The molecular formula is C14H28N2O2. The van der Waals surface area contributed by atoms with Crippen molar-refractivity contribution in [3.8, 4) is 0 Å². The standard InChI is InChI=1S/C14H28N2O2/c1-3-14(4-2,7-9-17)11-16-13(18)12-6-5-8-15-10-12/h12,15,17H,3-11H2,1-2H3,(H,16,18). The summed E-state index contributed by atoms with van der Waals surface area (Å²) in [5, 5.41) is 15.5. The van der Waals surface area contributed by atoms with E-state index in [1.807, 2.05) is 0 Å². The maximum absolute atomic E-state index is 12.1. The number of carbonyl (C=O) groups is 1. The van der Waals surface area contributed by atoms with Gasteiger partial charge in [-0.15, -0.1) is 0 Å². The Hall–Kier alpha value is -0.610. The molecule has 106 valence electrons. The fourth-order valence-electron chi connectivity index (χ4n) is 2.67. The molecule has 0 saturated carbocycles. The summed E-state index contributed by atoms with van der Waals surface area (Å²) < 4.78 is 0. The molecule has 4 heteroatoms. The number of aliphatic hydroxyl groups excluding tert-OH is 1. The largest absolute Gasteiger partial charge is 0.396 e. The second kappa shape index (κ2) is 7.74. The summed E-state index contributed by atoms with van der Waals surface area (Å²) in [5.41, 5.74) is 0.0620. The van der Waals surface area contributed by atoms with Crippen LogP contribution < -0.4 is 10.6 Å². The highest BCUT2D eigenvalue weighted by molar-refractivity contribution is 5.79.